The molecule has 1 heterocycles. The molecule has 1 atom stereocenters. The molecular formula is C5H8OS2. The second kappa shape index (κ2) is 3.43. The minimum atomic E-state index is 0.310. The molecule has 0 aromatic rings. The van der Waals surface area contributed by atoms with Gasteiger partial charge in [-0.15, -0.1) is 0 Å². The fraction of sp³-hybridized carbons (Fsp3) is 0.600. The van der Waals surface area contributed by atoms with Crippen LogP contribution in [0, 0.1) is 0 Å². The average Bonchev–Trinajstić information content (AvgIpc) is 2.19. The maximum absolute atomic E-state index is 5.26. The van der Waals surface area contributed by atoms with E-state index < -0.39 is 0 Å². The summed E-state index contributed by atoms with van der Waals surface area (Å²) in [6.07, 6.45) is 2.07. The quantitative estimate of drug-likeness (QED) is 0.556. The normalized spacial score (nSPS) is 26.9. The van der Waals surface area contributed by atoms with Gasteiger partial charge in [-0.05, 0) is 18.4 Å². The fourth-order valence-corrected chi connectivity index (χ4v) is 2.35. The molecule has 0 amide bonds. The maximum Gasteiger partial charge on any atom is 0.132 e. The molecule has 0 bridgehead atoms. The lowest BCUT2D eigenvalue weighted by Crippen LogP contribution is -1.99. The summed E-state index contributed by atoms with van der Waals surface area (Å²) >= 11 is 0. The highest BCUT2D eigenvalue weighted by molar-refractivity contribution is 8.78. The Morgan fingerprint density at radius 1 is 1.75 bits per heavy atom. The van der Waals surface area contributed by atoms with Crippen LogP contribution >= 0.6 is 21.6 Å². The molecule has 0 radical (unpaired) electrons. The molecule has 1 unspecified atom stereocenters. The van der Waals surface area contributed by atoms with Crippen molar-refractivity contribution in [3.63, 3.8) is 0 Å². The van der Waals surface area contributed by atoms with Crippen LogP contribution in [0.15, 0.2) is 11.5 Å². The molecule has 0 saturated carbocycles. The van der Waals surface area contributed by atoms with Crippen LogP contribution in [-0.2, 0) is 4.74 Å². The molecule has 1 aliphatic heterocycles. The Hall–Kier alpha value is 0.400. The lowest BCUT2D eigenvalue weighted by atomic mass is 10.7. The van der Waals surface area contributed by atoms with Crippen molar-refractivity contribution in [1.29, 1.82) is 0 Å². The maximum atomic E-state index is 5.26. The highest BCUT2D eigenvalue weighted by Gasteiger charge is 2.08. The summed E-state index contributed by atoms with van der Waals surface area (Å²) in [5, 5.41) is 2.06. The van der Waals surface area contributed by atoms with Crippen LogP contribution in [-0.4, -0.2) is 12.0 Å². The molecule has 0 aromatic carbocycles. The average molecular weight is 148 g/mol. The summed E-state index contributed by atoms with van der Waals surface area (Å²) in [7, 11) is 3.48. The molecule has 0 aliphatic carbocycles. The van der Waals surface area contributed by atoms with Crippen molar-refractivity contribution in [2.75, 3.05) is 6.61 Å². The lowest BCUT2D eigenvalue weighted by Gasteiger charge is -2.03. The first kappa shape index (κ1) is 6.52. The Morgan fingerprint density at radius 3 is 3.12 bits per heavy atom. The summed E-state index contributed by atoms with van der Waals surface area (Å²) in [4.78, 5) is 0. The molecule has 1 rings (SSSR count). The van der Waals surface area contributed by atoms with Crippen LogP contribution in [0.4, 0.5) is 0 Å². The standard InChI is InChI=1S/C5H8OS2/c1-2-6-5-3-4-7-8-5/h3-5H,2H2,1H3. The van der Waals surface area contributed by atoms with Crippen molar-refractivity contribution in [3.05, 3.63) is 11.5 Å². The van der Waals surface area contributed by atoms with E-state index in [0.717, 1.165) is 6.61 Å². The Balaban J connectivity index is 2.16. The number of hydrogen-bond donors (Lipinski definition) is 0. The van der Waals surface area contributed by atoms with Crippen molar-refractivity contribution < 1.29 is 4.74 Å². The van der Waals surface area contributed by atoms with E-state index >= 15 is 0 Å². The van der Waals surface area contributed by atoms with Gasteiger partial charge in [0.1, 0.15) is 5.44 Å². The number of rotatable bonds is 2. The van der Waals surface area contributed by atoms with E-state index in [1.807, 2.05) is 6.92 Å². The zero-order chi connectivity index (χ0) is 5.82. The van der Waals surface area contributed by atoms with E-state index in [9.17, 15) is 0 Å². The minimum Gasteiger partial charge on any atom is -0.363 e. The van der Waals surface area contributed by atoms with Crippen molar-refractivity contribution in [2.45, 2.75) is 12.4 Å². The van der Waals surface area contributed by atoms with Gasteiger partial charge in [0.25, 0.3) is 0 Å². The van der Waals surface area contributed by atoms with E-state index in [4.69, 9.17) is 4.74 Å². The van der Waals surface area contributed by atoms with Gasteiger partial charge in [0.05, 0.1) is 0 Å². The van der Waals surface area contributed by atoms with Gasteiger partial charge < -0.3 is 4.74 Å². The Bertz CT molecular complexity index is 92.4. The van der Waals surface area contributed by atoms with Crippen LogP contribution in [0.3, 0.4) is 0 Å². The van der Waals surface area contributed by atoms with Crippen molar-refractivity contribution in [1.82, 2.24) is 0 Å². The molecular weight excluding hydrogens is 140 g/mol. The van der Waals surface area contributed by atoms with Crippen LogP contribution in [0.5, 0.6) is 0 Å². The first-order chi connectivity index (χ1) is 3.93. The highest BCUT2D eigenvalue weighted by atomic mass is 33.1. The van der Waals surface area contributed by atoms with Gasteiger partial charge >= 0.3 is 0 Å². The molecule has 1 aliphatic rings. The van der Waals surface area contributed by atoms with Gasteiger partial charge in [0.15, 0.2) is 0 Å². The van der Waals surface area contributed by atoms with Crippen molar-refractivity contribution in [3.8, 4) is 0 Å². The summed E-state index contributed by atoms with van der Waals surface area (Å²) in [5.41, 5.74) is 0.310. The van der Waals surface area contributed by atoms with E-state index in [1.165, 1.54) is 0 Å². The second-order valence-electron chi connectivity index (χ2n) is 1.34. The predicted molar refractivity (Wildman–Crippen MR) is 39.7 cm³/mol. The largest absolute Gasteiger partial charge is 0.363 e. The van der Waals surface area contributed by atoms with Crippen LogP contribution in [0.2, 0.25) is 0 Å². The molecule has 3 heteroatoms. The van der Waals surface area contributed by atoms with Gasteiger partial charge in [-0.25, -0.2) is 0 Å². The monoisotopic (exact) mass is 148 g/mol. The van der Waals surface area contributed by atoms with Gasteiger partial charge in [0, 0.05) is 6.61 Å². The second-order valence-corrected chi connectivity index (χ2v) is 3.62. The molecule has 46 valence electrons. The van der Waals surface area contributed by atoms with Crippen LogP contribution < -0.4 is 0 Å². The molecule has 0 aromatic heterocycles. The third-order valence-electron chi connectivity index (χ3n) is 0.773. The van der Waals surface area contributed by atoms with Crippen LogP contribution in [0.1, 0.15) is 6.92 Å². The van der Waals surface area contributed by atoms with E-state index in [-0.39, 0.29) is 0 Å². The topological polar surface area (TPSA) is 9.23 Å². The first-order valence-corrected chi connectivity index (χ1v) is 4.81. The van der Waals surface area contributed by atoms with Gasteiger partial charge in [0.2, 0.25) is 0 Å². The molecule has 0 N–H and O–H groups in total. The number of ether oxygens (including phenoxy) is 1. The van der Waals surface area contributed by atoms with Crippen LogP contribution in [0.25, 0.3) is 0 Å². The summed E-state index contributed by atoms with van der Waals surface area (Å²) in [6, 6.07) is 0. The van der Waals surface area contributed by atoms with Gasteiger partial charge in [-0.1, -0.05) is 21.6 Å². The molecule has 0 spiro atoms. The summed E-state index contributed by atoms with van der Waals surface area (Å²) in [6.45, 7) is 2.82. The predicted octanol–water partition coefficient (Wildman–Crippen LogP) is 2.26. The van der Waals surface area contributed by atoms with E-state index in [2.05, 4.69) is 11.5 Å². The number of hydrogen-bond acceptors (Lipinski definition) is 3. The Morgan fingerprint density at radius 2 is 2.62 bits per heavy atom. The summed E-state index contributed by atoms with van der Waals surface area (Å²) < 4.78 is 5.26. The lowest BCUT2D eigenvalue weighted by molar-refractivity contribution is 0.156. The SMILES string of the molecule is CCOC1C=CSS1. The van der Waals surface area contributed by atoms with E-state index in [0.29, 0.717) is 5.44 Å². The fourth-order valence-electron chi connectivity index (χ4n) is 0.463. The Labute approximate surface area is 57.3 Å². The van der Waals surface area contributed by atoms with Crippen molar-refractivity contribution >= 4 is 21.6 Å². The van der Waals surface area contributed by atoms with E-state index in [1.54, 1.807) is 21.6 Å². The first-order valence-electron chi connectivity index (χ1n) is 2.54. The highest BCUT2D eigenvalue weighted by Crippen LogP contribution is 2.35. The van der Waals surface area contributed by atoms with Crippen molar-refractivity contribution in [2.24, 2.45) is 0 Å². The Kier molecular flexibility index (Phi) is 2.80. The summed E-state index contributed by atoms with van der Waals surface area (Å²) in [5.74, 6) is 0. The third-order valence-corrected chi connectivity index (χ3v) is 2.87. The smallest absolute Gasteiger partial charge is 0.132 e. The van der Waals surface area contributed by atoms with Gasteiger partial charge in [-0.3, -0.25) is 0 Å². The third kappa shape index (κ3) is 1.73. The van der Waals surface area contributed by atoms with Gasteiger partial charge in [-0.2, -0.15) is 0 Å². The minimum absolute atomic E-state index is 0.310. The zero-order valence-electron chi connectivity index (χ0n) is 4.66. The zero-order valence-corrected chi connectivity index (χ0v) is 6.30. The molecule has 0 fully saturated rings. The molecule has 1 nitrogen and oxygen atoms in total. The molecule has 8 heavy (non-hydrogen) atoms. The molecule has 0 saturated heterocycles.